The van der Waals surface area contributed by atoms with Gasteiger partial charge < -0.3 is 10.1 Å². The quantitative estimate of drug-likeness (QED) is 0.471. The van der Waals surface area contributed by atoms with Crippen molar-refractivity contribution < 1.29 is 26.7 Å². The normalized spacial score (nSPS) is 11.3. The third kappa shape index (κ3) is 5.33. The van der Waals surface area contributed by atoms with Crippen LogP contribution in [-0.2, 0) is 13.0 Å². The van der Waals surface area contributed by atoms with Gasteiger partial charge in [-0.25, -0.2) is 18.2 Å². The Kier molecular flexibility index (Phi) is 6.99. The van der Waals surface area contributed by atoms with Crippen molar-refractivity contribution in [2.45, 2.75) is 26.0 Å². The monoisotopic (exact) mass is 422 g/mol. The van der Waals surface area contributed by atoms with Gasteiger partial charge >= 0.3 is 6.61 Å². The van der Waals surface area contributed by atoms with Crippen molar-refractivity contribution >= 4 is 0 Å². The van der Waals surface area contributed by atoms with Gasteiger partial charge in [-0.05, 0) is 48.5 Å². The topological polar surface area (TPSA) is 34.1 Å². The highest BCUT2D eigenvalue weighted by Gasteiger charge is 2.19. The van der Waals surface area contributed by atoms with Crippen LogP contribution in [0.3, 0.4) is 0 Å². The van der Waals surface area contributed by atoms with Crippen molar-refractivity contribution in [1.82, 2.24) is 10.3 Å². The average molecular weight is 422 g/mol. The van der Waals surface area contributed by atoms with Crippen molar-refractivity contribution in [1.29, 1.82) is 0 Å². The zero-order chi connectivity index (χ0) is 21.7. The first kappa shape index (κ1) is 21.7. The fraction of sp³-hybridized carbons (Fsp3) is 0.227. The maximum atomic E-state index is 13.6. The van der Waals surface area contributed by atoms with E-state index in [-0.39, 0.29) is 17.0 Å². The van der Waals surface area contributed by atoms with Gasteiger partial charge in [0.25, 0.3) is 6.43 Å². The van der Waals surface area contributed by atoms with Gasteiger partial charge in [-0.1, -0.05) is 24.3 Å². The number of nitrogens with zero attached hydrogens (tertiary/aromatic N) is 1. The first-order valence-electron chi connectivity index (χ1n) is 9.12. The molecule has 0 unspecified atom stereocenters. The Labute approximate surface area is 170 Å². The summed E-state index contributed by atoms with van der Waals surface area (Å²) in [6.07, 6.45) is -2.66. The molecule has 2 aromatic carbocycles. The Morgan fingerprint density at radius 1 is 0.933 bits per heavy atom. The third-order valence-electron chi connectivity index (χ3n) is 4.43. The Morgan fingerprint density at radius 2 is 1.63 bits per heavy atom. The van der Waals surface area contributed by atoms with E-state index in [9.17, 15) is 22.0 Å². The SMILES string of the molecule is CNCc1ccc(Cc2ccc(OC(F)F)c(-c3ccc(F)c(C(F)F)c3)n2)cc1. The van der Waals surface area contributed by atoms with E-state index >= 15 is 0 Å². The maximum absolute atomic E-state index is 13.6. The molecule has 30 heavy (non-hydrogen) atoms. The lowest BCUT2D eigenvalue weighted by Crippen LogP contribution is -2.06. The Balaban J connectivity index is 1.97. The number of aromatic nitrogens is 1. The van der Waals surface area contributed by atoms with Gasteiger partial charge in [-0.2, -0.15) is 8.78 Å². The molecule has 1 N–H and O–H groups in total. The molecule has 0 atom stereocenters. The summed E-state index contributed by atoms with van der Waals surface area (Å²) in [6.45, 7) is -2.40. The van der Waals surface area contributed by atoms with Crippen LogP contribution < -0.4 is 10.1 Å². The van der Waals surface area contributed by atoms with E-state index in [1.165, 1.54) is 18.2 Å². The molecule has 0 fully saturated rings. The molecule has 0 radical (unpaired) electrons. The summed E-state index contributed by atoms with van der Waals surface area (Å²) in [4.78, 5) is 4.34. The van der Waals surface area contributed by atoms with E-state index in [0.717, 1.165) is 29.8 Å². The highest BCUT2D eigenvalue weighted by atomic mass is 19.3. The highest BCUT2D eigenvalue weighted by molar-refractivity contribution is 5.67. The number of halogens is 5. The second-order valence-corrected chi connectivity index (χ2v) is 6.59. The molecule has 3 aromatic rings. The predicted octanol–water partition coefficient (Wildman–Crippen LogP) is 5.74. The molecule has 3 nitrogen and oxygen atoms in total. The molecule has 158 valence electrons. The molecule has 0 aliphatic carbocycles. The third-order valence-corrected chi connectivity index (χ3v) is 4.43. The molecule has 0 amide bonds. The summed E-state index contributed by atoms with van der Waals surface area (Å²) < 4.78 is 69.9. The molecular weight excluding hydrogens is 403 g/mol. The Hall–Kier alpha value is -3.00. The van der Waals surface area contributed by atoms with Crippen molar-refractivity contribution in [2.24, 2.45) is 0 Å². The second kappa shape index (κ2) is 9.67. The number of rotatable bonds is 8. The fourth-order valence-electron chi connectivity index (χ4n) is 3.03. The van der Waals surface area contributed by atoms with Crippen LogP contribution in [0, 0.1) is 5.82 Å². The van der Waals surface area contributed by atoms with Gasteiger partial charge in [0.2, 0.25) is 0 Å². The number of benzene rings is 2. The lowest BCUT2D eigenvalue weighted by molar-refractivity contribution is -0.0496. The van der Waals surface area contributed by atoms with Gasteiger partial charge in [-0.15, -0.1) is 0 Å². The van der Waals surface area contributed by atoms with Crippen molar-refractivity contribution in [2.75, 3.05) is 7.05 Å². The zero-order valence-electron chi connectivity index (χ0n) is 16.0. The standard InChI is InChI=1S/C22H19F5N2O/c1-28-12-14-4-2-13(3-5-14)10-16-7-9-19(30-22(26)27)20(29-16)15-6-8-18(23)17(11-15)21(24)25/h2-9,11,21-22,28H,10,12H2,1H3. The highest BCUT2D eigenvalue weighted by Crippen LogP contribution is 2.33. The van der Waals surface area contributed by atoms with E-state index in [2.05, 4.69) is 15.0 Å². The van der Waals surface area contributed by atoms with Gasteiger partial charge in [0.15, 0.2) is 5.75 Å². The van der Waals surface area contributed by atoms with Crippen molar-refractivity contribution in [3.8, 4) is 17.0 Å². The minimum Gasteiger partial charge on any atom is -0.432 e. The fourth-order valence-corrected chi connectivity index (χ4v) is 3.03. The Bertz CT molecular complexity index is 993. The zero-order valence-corrected chi connectivity index (χ0v) is 16.0. The van der Waals surface area contributed by atoms with Crippen LogP contribution in [0.2, 0.25) is 0 Å². The Morgan fingerprint density at radius 3 is 2.27 bits per heavy atom. The van der Waals surface area contributed by atoms with Gasteiger partial charge in [0.1, 0.15) is 11.5 Å². The lowest BCUT2D eigenvalue weighted by Gasteiger charge is -2.13. The average Bonchev–Trinajstić information content (AvgIpc) is 2.71. The molecule has 3 rings (SSSR count). The molecule has 0 aliphatic rings. The number of hydrogen-bond acceptors (Lipinski definition) is 3. The molecule has 0 saturated heterocycles. The van der Waals surface area contributed by atoms with Crippen LogP contribution in [0.25, 0.3) is 11.3 Å². The maximum Gasteiger partial charge on any atom is 0.387 e. The smallest absolute Gasteiger partial charge is 0.387 e. The van der Waals surface area contributed by atoms with E-state index in [1.54, 1.807) is 0 Å². The summed E-state index contributed by atoms with van der Waals surface area (Å²) in [5.41, 5.74) is 1.73. The minimum atomic E-state index is -3.12. The van der Waals surface area contributed by atoms with Gasteiger partial charge in [0.05, 0.1) is 5.56 Å². The van der Waals surface area contributed by atoms with E-state index < -0.39 is 24.4 Å². The number of ether oxygens (including phenoxy) is 1. The van der Waals surface area contributed by atoms with E-state index in [1.807, 2.05) is 31.3 Å². The van der Waals surface area contributed by atoms with Crippen LogP contribution in [-0.4, -0.2) is 18.6 Å². The van der Waals surface area contributed by atoms with Crippen LogP contribution in [0.1, 0.15) is 28.8 Å². The number of hydrogen-bond donors (Lipinski definition) is 1. The first-order valence-corrected chi connectivity index (χ1v) is 9.12. The molecule has 8 heteroatoms. The molecule has 0 spiro atoms. The predicted molar refractivity (Wildman–Crippen MR) is 103 cm³/mol. The number of pyridine rings is 1. The molecule has 1 heterocycles. The lowest BCUT2D eigenvalue weighted by atomic mass is 10.0. The first-order chi connectivity index (χ1) is 14.4. The van der Waals surface area contributed by atoms with Crippen LogP contribution in [0.15, 0.2) is 54.6 Å². The summed E-state index contributed by atoms with van der Waals surface area (Å²) in [7, 11) is 1.84. The molecule has 0 bridgehead atoms. The second-order valence-electron chi connectivity index (χ2n) is 6.59. The van der Waals surface area contributed by atoms with Crippen LogP contribution in [0.5, 0.6) is 5.75 Å². The summed E-state index contributed by atoms with van der Waals surface area (Å²) in [5.74, 6) is -1.35. The minimum absolute atomic E-state index is 0.0542. The summed E-state index contributed by atoms with van der Waals surface area (Å²) >= 11 is 0. The molecular formula is C22H19F5N2O. The molecule has 1 aromatic heterocycles. The number of nitrogens with one attached hydrogen (secondary N) is 1. The van der Waals surface area contributed by atoms with Crippen LogP contribution in [0.4, 0.5) is 22.0 Å². The van der Waals surface area contributed by atoms with Crippen molar-refractivity contribution in [3.63, 3.8) is 0 Å². The van der Waals surface area contributed by atoms with E-state index in [4.69, 9.17) is 0 Å². The summed E-state index contributed by atoms with van der Waals surface area (Å²) in [6, 6.07) is 13.6. The largest absolute Gasteiger partial charge is 0.432 e. The van der Waals surface area contributed by atoms with Gasteiger partial charge in [0, 0.05) is 24.2 Å². The van der Waals surface area contributed by atoms with Crippen LogP contribution >= 0.6 is 0 Å². The molecule has 0 saturated carbocycles. The van der Waals surface area contributed by atoms with Gasteiger partial charge in [-0.3, -0.25) is 0 Å². The number of alkyl halides is 4. The molecule has 0 aliphatic heterocycles. The van der Waals surface area contributed by atoms with E-state index in [0.29, 0.717) is 12.1 Å². The van der Waals surface area contributed by atoms with Crippen molar-refractivity contribution in [3.05, 3.63) is 82.8 Å². The summed E-state index contributed by atoms with van der Waals surface area (Å²) in [5, 5.41) is 3.05.